The number of unbranched alkanes of at least 4 members (excludes halogenated alkanes) is 6. The van der Waals surface area contributed by atoms with E-state index in [9.17, 15) is 0 Å². The van der Waals surface area contributed by atoms with Crippen LogP contribution in [0.4, 0.5) is 0 Å². The van der Waals surface area contributed by atoms with Crippen LogP contribution in [0.5, 0.6) is 0 Å². The largest absolute Gasteiger partial charge is 0.111 e. The van der Waals surface area contributed by atoms with Gasteiger partial charge < -0.3 is 0 Å². The van der Waals surface area contributed by atoms with E-state index in [1.807, 2.05) is 0 Å². The minimum Gasteiger partial charge on any atom is -0.0973 e. The highest BCUT2D eigenvalue weighted by Crippen LogP contribution is 2.06. The Morgan fingerprint density at radius 2 is 1.65 bits per heavy atom. The monoisotopic (exact) mass is 244 g/mol. The van der Waals surface area contributed by atoms with Crippen molar-refractivity contribution < 1.29 is 0 Å². The summed E-state index contributed by atoms with van der Waals surface area (Å²) in [6, 6.07) is 10.7. The van der Waals surface area contributed by atoms with Crippen LogP contribution in [0.2, 0.25) is 0 Å². The van der Waals surface area contributed by atoms with E-state index in [-0.39, 0.29) is 0 Å². The molecule has 0 heterocycles. The maximum absolute atomic E-state index is 2.35. The summed E-state index contributed by atoms with van der Waals surface area (Å²) in [5, 5.41) is 1.44. The Morgan fingerprint density at radius 1 is 0.941 bits per heavy atom. The molecular formula is C16H24Si. The lowest BCUT2D eigenvalue weighted by atomic mass is 10.1. The zero-order valence-corrected chi connectivity index (χ0v) is 12.0. The molecule has 0 saturated heterocycles. The molecule has 0 spiro atoms. The van der Waals surface area contributed by atoms with E-state index >= 15 is 0 Å². The molecular weight excluding hydrogens is 220 g/mol. The number of hydrogen-bond acceptors (Lipinski definition) is 0. The first kappa shape index (κ1) is 14.2. The average molecular weight is 244 g/mol. The maximum atomic E-state index is 2.35. The third-order valence-corrected chi connectivity index (χ3v) is 3.94. The molecule has 1 aromatic rings. The van der Waals surface area contributed by atoms with Crippen molar-refractivity contribution in [2.24, 2.45) is 0 Å². The molecule has 0 atom stereocenters. The van der Waals surface area contributed by atoms with Crippen LogP contribution in [0.1, 0.15) is 51.9 Å². The number of rotatable bonds is 9. The van der Waals surface area contributed by atoms with Gasteiger partial charge in [-0.3, -0.25) is 0 Å². The molecule has 0 amide bonds. The van der Waals surface area contributed by atoms with Gasteiger partial charge in [-0.15, -0.1) is 0 Å². The normalized spacial score (nSPS) is 11.1. The zero-order chi connectivity index (χ0) is 12.2. The predicted octanol–water partition coefficient (Wildman–Crippen LogP) is 4.28. The Balaban J connectivity index is 1.96. The van der Waals surface area contributed by atoms with Crippen molar-refractivity contribution in [1.29, 1.82) is 0 Å². The quantitative estimate of drug-likeness (QED) is 0.449. The lowest BCUT2D eigenvalue weighted by molar-refractivity contribution is 0.611. The number of allylic oxidation sites excluding steroid dienone is 1. The lowest BCUT2D eigenvalue weighted by Gasteiger charge is -1.97. The second-order valence-electron chi connectivity index (χ2n) is 4.47. The van der Waals surface area contributed by atoms with Crippen molar-refractivity contribution in [3.63, 3.8) is 0 Å². The van der Waals surface area contributed by atoms with Gasteiger partial charge in [0.25, 0.3) is 0 Å². The Bertz CT molecular complexity index is 290. The first-order chi connectivity index (χ1) is 8.43. The highest BCUT2D eigenvalue weighted by molar-refractivity contribution is 6.58. The summed E-state index contributed by atoms with van der Waals surface area (Å²) in [5.41, 5.74) is 2.33. The molecule has 0 bridgehead atoms. The van der Waals surface area contributed by atoms with Crippen LogP contribution < -0.4 is 5.19 Å². The lowest BCUT2D eigenvalue weighted by Crippen LogP contribution is -2.10. The predicted molar refractivity (Wildman–Crippen MR) is 79.0 cm³/mol. The Kier molecular flexibility index (Phi) is 8.66. The topological polar surface area (TPSA) is 0 Å². The summed E-state index contributed by atoms with van der Waals surface area (Å²) >= 11 is 0. The summed E-state index contributed by atoms with van der Waals surface area (Å²) in [7, 11) is 0.836. The zero-order valence-electron chi connectivity index (χ0n) is 11.0. The molecule has 0 unspecified atom stereocenters. The highest BCUT2D eigenvalue weighted by atomic mass is 28.2. The molecule has 0 aliphatic rings. The van der Waals surface area contributed by atoms with Crippen molar-refractivity contribution in [2.45, 2.75) is 51.9 Å². The summed E-state index contributed by atoms with van der Waals surface area (Å²) in [4.78, 5) is 0. The van der Waals surface area contributed by atoms with E-state index in [0.29, 0.717) is 0 Å². The van der Waals surface area contributed by atoms with Crippen LogP contribution in [-0.2, 0) is 0 Å². The second kappa shape index (κ2) is 10.3. The molecule has 0 fully saturated rings. The van der Waals surface area contributed by atoms with Crippen LogP contribution in [-0.4, -0.2) is 9.52 Å². The summed E-state index contributed by atoms with van der Waals surface area (Å²) < 4.78 is 0. The number of benzene rings is 1. The van der Waals surface area contributed by atoms with Gasteiger partial charge in [-0.25, -0.2) is 0 Å². The molecule has 92 valence electrons. The summed E-state index contributed by atoms with van der Waals surface area (Å²) in [6.45, 7) is 2.27. The standard InChI is InChI=1S/C16H24Si/c1-2-3-4-5-6-7-8-12-15-17-16-13-10-9-11-14-16/h9-15H,2-8H2,1H3/b15-12-. The molecule has 1 rings (SSSR count). The van der Waals surface area contributed by atoms with Crippen LogP contribution in [0.15, 0.2) is 42.1 Å². The molecule has 1 heteroatoms. The van der Waals surface area contributed by atoms with E-state index < -0.39 is 0 Å². The van der Waals surface area contributed by atoms with Crippen molar-refractivity contribution >= 4 is 14.7 Å². The molecule has 1 aromatic carbocycles. The van der Waals surface area contributed by atoms with E-state index in [0.717, 1.165) is 9.52 Å². The second-order valence-corrected chi connectivity index (χ2v) is 5.67. The molecule has 0 saturated carbocycles. The van der Waals surface area contributed by atoms with Gasteiger partial charge in [-0.05, 0) is 12.8 Å². The van der Waals surface area contributed by atoms with Gasteiger partial charge in [-0.1, -0.05) is 86.3 Å². The van der Waals surface area contributed by atoms with Crippen LogP contribution in [0, 0.1) is 0 Å². The fourth-order valence-electron chi connectivity index (χ4n) is 1.82. The first-order valence-corrected chi connectivity index (χ1v) is 7.98. The smallest absolute Gasteiger partial charge is 0.0973 e. The van der Waals surface area contributed by atoms with Crippen molar-refractivity contribution in [2.75, 3.05) is 0 Å². The minimum atomic E-state index is 0.836. The highest BCUT2D eigenvalue weighted by Gasteiger charge is 1.89. The molecule has 17 heavy (non-hydrogen) atoms. The average Bonchev–Trinajstić information content (AvgIpc) is 2.38. The fourth-order valence-corrected chi connectivity index (χ4v) is 2.68. The van der Waals surface area contributed by atoms with Crippen LogP contribution in [0.3, 0.4) is 0 Å². The van der Waals surface area contributed by atoms with Gasteiger partial charge in [0.2, 0.25) is 0 Å². The minimum absolute atomic E-state index is 0.836. The van der Waals surface area contributed by atoms with E-state index in [1.54, 1.807) is 0 Å². The Labute approximate surface area is 109 Å². The van der Waals surface area contributed by atoms with Crippen LogP contribution >= 0.6 is 0 Å². The first-order valence-electron chi connectivity index (χ1n) is 6.90. The van der Waals surface area contributed by atoms with Gasteiger partial charge in [0.05, 0.1) is 0 Å². The maximum Gasteiger partial charge on any atom is 0.111 e. The van der Waals surface area contributed by atoms with Gasteiger partial charge in [0.15, 0.2) is 0 Å². The molecule has 0 aliphatic carbocycles. The SMILES string of the molecule is CCCCCCCC/C=C\[Si]c1ccccc1. The van der Waals surface area contributed by atoms with Gasteiger partial charge in [0.1, 0.15) is 9.52 Å². The van der Waals surface area contributed by atoms with E-state index in [2.05, 4.69) is 49.0 Å². The Hall–Kier alpha value is -0.823. The van der Waals surface area contributed by atoms with Gasteiger partial charge in [-0.2, -0.15) is 0 Å². The van der Waals surface area contributed by atoms with E-state index in [1.165, 1.54) is 50.1 Å². The molecule has 0 aliphatic heterocycles. The molecule has 0 N–H and O–H groups in total. The Morgan fingerprint density at radius 3 is 2.41 bits per heavy atom. The van der Waals surface area contributed by atoms with Crippen LogP contribution in [0.25, 0.3) is 0 Å². The van der Waals surface area contributed by atoms with Gasteiger partial charge in [0, 0.05) is 0 Å². The molecule has 0 nitrogen and oxygen atoms in total. The summed E-state index contributed by atoms with van der Waals surface area (Å²) in [5.74, 6) is 0. The van der Waals surface area contributed by atoms with Gasteiger partial charge >= 0.3 is 0 Å². The fraction of sp³-hybridized carbons (Fsp3) is 0.500. The molecule has 0 aromatic heterocycles. The third-order valence-electron chi connectivity index (χ3n) is 2.87. The summed E-state index contributed by atoms with van der Waals surface area (Å²) in [6.07, 6.45) is 12.0. The molecule has 2 radical (unpaired) electrons. The number of hydrogen-bond donors (Lipinski definition) is 0. The van der Waals surface area contributed by atoms with Crippen molar-refractivity contribution in [3.05, 3.63) is 42.1 Å². The van der Waals surface area contributed by atoms with Crippen molar-refractivity contribution in [3.8, 4) is 0 Å². The van der Waals surface area contributed by atoms with E-state index in [4.69, 9.17) is 0 Å². The van der Waals surface area contributed by atoms with Crippen molar-refractivity contribution in [1.82, 2.24) is 0 Å². The third kappa shape index (κ3) is 7.98.